The summed E-state index contributed by atoms with van der Waals surface area (Å²) in [5, 5.41) is 11.5. The lowest BCUT2D eigenvalue weighted by Gasteiger charge is -2.20. The maximum absolute atomic E-state index is 13.1. The Morgan fingerprint density at radius 1 is 0.969 bits per heavy atom. The van der Waals surface area contributed by atoms with Crippen LogP contribution in [0.2, 0.25) is 0 Å². The number of amides is 1. The van der Waals surface area contributed by atoms with Crippen molar-refractivity contribution in [3.8, 4) is 0 Å². The van der Waals surface area contributed by atoms with Gasteiger partial charge in [0.15, 0.2) is 16.7 Å². The van der Waals surface area contributed by atoms with Gasteiger partial charge in [-0.15, -0.1) is 10.2 Å². The van der Waals surface area contributed by atoms with Crippen LogP contribution in [-0.2, 0) is 4.79 Å². The summed E-state index contributed by atoms with van der Waals surface area (Å²) in [5.41, 5.74) is 3.31. The van der Waals surface area contributed by atoms with Crippen molar-refractivity contribution in [2.75, 3.05) is 11.1 Å². The van der Waals surface area contributed by atoms with Crippen molar-refractivity contribution in [2.45, 2.75) is 19.0 Å². The lowest BCUT2D eigenvalue weighted by Crippen LogP contribution is -2.24. The van der Waals surface area contributed by atoms with E-state index in [1.807, 2.05) is 19.9 Å². The van der Waals surface area contributed by atoms with Gasteiger partial charge in [0.1, 0.15) is 0 Å². The minimum absolute atomic E-state index is 0.0521. The third-order valence-electron chi connectivity index (χ3n) is 5.22. The number of aryl methyl sites for hydroxylation is 2. The Morgan fingerprint density at radius 3 is 2.47 bits per heavy atom. The molecule has 1 aliphatic rings. The first-order chi connectivity index (χ1) is 15.4. The minimum Gasteiger partial charge on any atom is -0.325 e. The summed E-state index contributed by atoms with van der Waals surface area (Å²) in [6.45, 7) is 3.80. The predicted molar refractivity (Wildman–Crippen MR) is 119 cm³/mol. The Morgan fingerprint density at radius 2 is 1.69 bits per heavy atom. The third kappa shape index (κ3) is 3.27. The molecule has 0 aliphatic heterocycles. The highest BCUT2D eigenvalue weighted by Gasteiger charge is 2.31. The van der Waals surface area contributed by atoms with E-state index in [0.717, 1.165) is 11.4 Å². The molecule has 1 amide bonds. The molecule has 0 fully saturated rings. The van der Waals surface area contributed by atoms with Gasteiger partial charge < -0.3 is 5.32 Å². The van der Waals surface area contributed by atoms with Crippen molar-refractivity contribution in [1.82, 2.24) is 19.6 Å². The quantitative estimate of drug-likeness (QED) is 0.425. The van der Waals surface area contributed by atoms with Gasteiger partial charge in [-0.3, -0.25) is 18.8 Å². The molecule has 0 saturated carbocycles. The van der Waals surface area contributed by atoms with E-state index in [2.05, 4.69) is 20.5 Å². The lowest BCUT2D eigenvalue weighted by atomic mass is 9.83. The molecule has 0 bridgehead atoms. The Hall–Kier alpha value is -3.85. The number of nitrogens with one attached hydrogen (secondary N) is 1. The van der Waals surface area contributed by atoms with Gasteiger partial charge in [-0.25, -0.2) is 4.98 Å². The second kappa shape index (κ2) is 7.69. The number of hydrogen-bond donors (Lipinski definition) is 1. The molecule has 8 nitrogen and oxygen atoms in total. The van der Waals surface area contributed by atoms with Gasteiger partial charge in [0.2, 0.25) is 5.91 Å². The summed E-state index contributed by atoms with van der Waals surface area (Å²) in [7, 11) is 0. The largest absolute Gasteiger partial charge is 0.325 e. The van der Waals surface area contributed by atoms with Crippen molar-refractivity contribution < 1.29 is 14.4 Å². The molecule has 2 aromatic heterocycles. The molecule has 2 heterocycles. The number of aromatic nitrogens is 4. The van der Waals surface area contributed by atoms with Gasteiger partial charge in [-0.2, -0.15) is 0 Å². The fraction of sp³-hybridized carbons (Fsp3) is 0.130. The maximum atomic E-state index is 13.1. The molecule has 158 valence electrons. The number of hydrogen-bond acceptors (Lipinski definition) is 7. The van der Waals surface area contributed by atoms with Crippen LogP contribution in [0.1, 0.15) is 43.2 Å². The molecule has 1 N–H and O–H groups in total. The summed E-state index contributed by atoms with van der Waals surface area (Å²) in [4.78, 5) is 43.0. The fourth-order valence-corrected chi connectivity index (χ4v) is 4.64. The zero-order chi connectivity index (χ0) is 22.4. The zero-order valence-electron chi connectivity index (χ0n) is 17.2. The number of carbonyl (C=O) groups is 3. The molecule has 0 atom stereocenters. The number of thioether (sulfide) groups is 1. The number of benzene rings is 2. The number of ketones is 2. The van der Waals surface area contributed by atoms with Gasteiger partial charge in [0.05, 0.1) is 17.0 Å². The topological polar surface area (TPSA) is 106 Å². The van der Waals surface area contributed by atoms with E-state index in [4.69, 9.17) is 0 Å². The fourth-order valence-electron chi connectivity index (χ4n) is 3.86. The average molecular weight is 443 g/mol. The minimum atomic E-state index is -0.322. The van der Waals surface area contributed by atoms with Crippen LogP contribution in [0.15, 0.2) is 53.7 Å². The number of anilines is 1. The normalized spacial score (nSPS) is 12.6. The first-order valence-electron chi connectivity index (χ1n) is 9.87. The molecule has 2 aromatic carbocycles. The molecule has 0 unspecified atom stereocenters. The van der Waals surface area contributed by atoms with Crippen LogP contribution in [0.25, 0.3) is 5.78 Å². The molecule has 0 spiro atoms. The summed E-state index contributed by atoms with van der Waals surface area (Å²) in [6.07, 6.45) is 0. The van der Waals surface area contributed by atoms with Gasteiger partial charge in [-0.1, -0.05) is 48.2 Å². The van der Waals surface area contributed by atoms with Crippen LogP contribution in [0.4, 0.5) is 5.69 Å². The maximum Gasteiger partial charge on any atom is 0.256 e. The highest BCUT2D eigenvalue weighted by Crippen LogP contribution is 2.32. The zero-order valence-corrected chi connectivity index (χ0v) is 18.1. The van der Waals surface area contributed by atoms with Gasteiger partial charge in [0.25, 0.3) is 5.78 Å². The molecular formula is C23H17N5O3S. The summed E-state index contributed by atoms with van der Waals surface area (Å²) in [5.74, 6) is -0.299. The van der Waals surface area contributed by atoms with Crippen LogP contribution in [0.5, 0.6) is 0 Å². The standard InChI is InChI=1S/C23H17N5O3S/c1-12-10-13(2)28-22(24-12)26-27-23(28)32-11-18(29)25-17-9-5-8-16-19(17)21(31)15-7-4-3-6-14(15)20(16)30/h3-10H,11H2,1-2H3,(H,25,29). The van der Waals surface area contributed by atoms with E-state index in [-0.39, 0.29) is 28.8 Å². The Kier molecular flexibility index (Phi) is 4.82. The van der Waals surface area contributed by atoms with Crippen molar-refractivity contribution in [3.05, 3.63) is 82.2 Å². The number of nitrogens with zero attached hydrogens (tertiary/aromatic N) is 4. The highest BCUT2D eigenvalue weighted by atomic mass is 32.2. The lowest BCUT2D eigenvalue weighted by molar-refractivity contribution is -0.113. The van der Waals surface area contributed by atoms with E-state index in [9.17, 15) is 14.4 Å². The van der Waals surface area contributed by atoms with Gasteiger partial charge in [0, 0.05) is 28.1 Å². The number of carbonyl (C=O) groups excluding carboxylic acids is 3. The summed E-state index contributed by atoms with van der Waals surface area (Å²) in [6, 6.07) is 13.5. The first-order valence-corrected chi connectivity index (χ1v) is 10.9. The van der Waals surface area contributed by atoms with Crippen LogP contribution in [0, 0.1) is 13.8 Å². The molecule has 4 aromatic rings. The molecule has 0 saturated heterocycles. The van der Waals surface area contributed by atoms with Gasteiger partial charge in [-0.05, 0) is 26.0 Å². The highest BCUT2D eigenvalue weighted by molar-refractivity contribution is 7.99. The molecule has 1 aliphatic carbocycles. The van der Waals surface area contributed by atoms with E-state index in [1.165, 1.54) is 11.8 Å². The van der Waals surface area contributed by atoms with Crippen LogP contribution < -0.4 is 5.32 Å². The van der Waals surface area contributed by atoms with Gasteiger partial charge >= 0.3 is 0 Å². The SMILES string of the molecule is Cc1cc(C)n2c(SCC(=O)Nc3cccc4c3C(=O)c3ccccc3C4=O)nnc2n1. The second-order valence-electron chi connectivity index (χ2n) is 7.43. The molecule has 5 rings (SSSR count). The van der Waals surface area contributed by atoms with E-state index in [0.29, 0.717) is 33.3 Å². The van der Waals surface area contributed by atoms with E-state index >= 15 is 0 Å². The molecular weight excluding hydrogens is 426 g/mol. The van der Waals surface area contributed by atoms with Crippen molar-refractivity contribution in [1.29, 1.82) is 0 Å². The van der Waals surface area contributed by atoms with Crippen molar-refractivity contribution >= 4 is 40.7 Å². The van der Waals surface area contributed by atoms with Crippen LogP contribution in [-0.4, -0.2) is 42.8 Å². The summed E-state index contributed by atoms with van der Waals surface area (Å²) >= 11 is 1.22. The molecule has 0 radical (unpaired) electrons. The first kappa shape index (κ1) is 20.1. The average Bonchev–Trinajstić information content (AvgIpc) is 3.19. The number of rotatable bonds is 4. The summed E-state index contributed by atoms with van der Waals surface area (Å²) < 4.78 is 1.79. The Labute approximate surface area is 187 Å². The second-order valence-corrected chi connectivity index (χ2v) is 8.37. The van der Waals surface area contributed by atoms with Crippen molar-refractivity contribution in [3.63, 3.8) is 0 Å². The van der Waals surface area contributed by atoms with E-state index in [1.54, 1.807) is 46.9 Å². The van der Waals surface area contributed by atoms with E-state index < -0.39 is 0 Å². The van der Waals surface area contributed by atoms with Crippen LogP contribution >= 0.6 is 11.8 Å². The predicted octanol–water partition coefficient (Wildman–Crippen LogP) is 3.25. The molecule has 9 heteroatoms. The Balaban J connectivity index is 1.39. The van der Waals surface area contributed by atoms with Crippen LogP contribution in [0.3, 0.4) is 0 Å². The monoisotopic (exact) mass is 443 g/mol. The smallest absolute Gasteiger partial charge is 0.256 e. The number of fused-ring (bicyclic) bond motifs is 3. The molecule has 32 heavy (non-hydrogen) atoms. The third-order valence-corrected chi connectivity index (χ3v) is 6.15. The van der Waals surface area contributed by atoms with Crippen molar-refractivity contribution in [2.24, 2.45) is 0 Å². The Bertz CT molecular complexity index is 1440.